The molecule has 1 amide bonds. The van der Waals surface area contributed by atoms with Gasteiger partial charge in [-0.1, -0.05) is 12.1 Å². The van der Waals surface area contributed by atoms with Crippen LogP contribution < -0.4 is 0 Å². The van der Waals surface area contributed by atoms with Crippen molar-refractivity contribution in [2.45, 2.75) is 33.4 Å². The minimum absolute atomic E-state index is 0.0434. The van der Waals surface area contributed by atoms with Gasteiger partial charge >= 0.3 is 0 Å². The minimum atomic E-state index is -0.193. The number of carbonyl (C=O) groups is 1. The zero-order valence-electron chi connectivity index (χ0n) is 13.6. The smallest absolute Gasteiger partial charge is 0.253 e. The molecule has 1 unspecified atom stereocenters. The van der Waals surface area contributed by atoms with Crippen LogP contribution >= 0.6 is 0 Å². The molecule has 0 fully saturated rings. The van der Waals surface area contributed by atoms with Crippen molar-refractivity contribution in [1.82, 2.24) is 14.7 Å². The number of hydrogen-bond donors (Lipinski definition) is 1. The zero-order valence-corrected chi connectivity index (χ0v) is 13.6. The van der Waals surface area contributed by atoms with Gasteiger partial charge in [0.15, 0.2) is 0 Å². The van der Waals surface area contributed by atoms with Crippen LogP contribution in [0.5, 0.6) is 0 Å². The number of aryl methyl sites for hydroxylation is 2. The molecule has 5 nitrogen and oxygen atoms in total. The van der Waals surface area contributed by atoms with Crippen LogP contribution in [0.2, 0.25) is 0 Å². The topological polar surface area (TPSA) is 58.4 Å². The summed E-state index contributed by atoms with van der Waals surface area (Å²) in [4.78, 5) is 13.8. The maximum atomic E-state index is 12.3. The minimum Gasteiger partial charge on any atom is -0.394 e. The van der Waals surface area contributed by atoms with Gasteiger partial charge in [-0.2, -0.15) is 5.10 Å². The summed E-state index contributed by atoms with van der Waals surface area (Å²) in [6, 6.07) is 9.39. The summed E-state index contributed by atoms with van der Waals surface area (Å²) < 4.78 is 1.95. The van der Waals surface area contributed by atoms with E-state index >= 15 is 0 Å². The molecule has 0 saturated heterocycles. The SMILES string of the molecule is Cc1cc(C)n(Cc2ccc(C(=O)N(C)C(C)CO)cc2)n1. The lowest BCUT2D eigenvalue weighted by Crippen LogP contribution is -2.37. The first-order valence-electron chi connectivity index (χ1n) is 7.40. The van der Waals surface area contributed by atoms with E-state index in [1.54, 1.807) is 11.9 Å². The second-order valence-electron chi connectivity index (χ2n) is 5.73. The monoisotopic (exact) mass is 301 g/mol. The highest BCUT2D eigenvalue weighted by Crippen LogP contribution is 2.11. The molecule has 2 aromatic rings. The van der Waals surface area contributed by atoms with E-state index in [0.29, 0.717) is 12.1 Å². The molecule has 1 aromatic heterocycles. The van der Waals surface area contributed by atoms with Crippen molar-refractivity contribution < 1.29 is 9.90 Å². The molecule has 0 aliphatic rings. The summed E-state index contributed by atoms with van der Waals surface area (Å²) in [6.07, 6.45) is 0. The van der Waals surface area contributed by atoms with Gasteiger partial charge < -0.3 is 10.0 Å². The van der Waals surface area contributed by atoms with E-state index in [0.717, 1.165) is 17.0 Å². The van der Waals surface area contributed by atoms with Crippen LogP contribution in [0.3, 0.4) is 0 Å². The van der Waals surface area contributed by atoms with Crippen molar-refractivity contribution in [2.75, 3.05) is 13.7 Å². The fourth-order valence-corrected chi connectivity index (χ4v) is 2.29. The van der Waals surface area contributed by atoms with Crippen molar-refractivity contribution in [1.29, 1.82) is 0 Å². The molecule has 2 rings (SSSR count). The van der Waals surface area contributed by atoms with Gasteiger partial charge in [0.25, 0.3) is 5.91 Å². The second kappa shape index (κ2) is 6.75. The van der Waals surface area contributed by atoms with Gasteiger partial charge in [-0.25, -0.2) is 0 Å². The summed E-state index contributed by atoms with van der Waals surface area (Å²) in [5.41, 5.74) is 3.85. The number of likely N-dealkylation sites (N-methyl/N-ethyl adjacent to an activating group) is 1. The fraction of sp³-hybridized carbons (Fsp3) is 0.412. The van der Waals surface area contributed by atoms with Gasteiger partial charge in [-0.3, -0.25) is 9.48 Å². The third-order valence-electron chi connectivity index (χ3n) is 3.88. The molecule has 1 aromatic carbocycles. The van der Waals surface area contributed by atoms with Crippen molar-refractivity contribution in [3.8, 4) is 0 Å². The highest BCUT2D eigenvalue weighted by molar-refractivity contribution is 5.94. The number of hydrogen-bond acceptors (Lipinski definition) is 3. The number of carbonyl (C=O) groups excluding carboxylic acids is 1. The normalized spacial score (nSPS) is 12.2. The van der Waals surface area contributed by atoms with Crippen LogP contribution in [0.25, 0.3) is 0 Å². The third kappa shape index (κ3) is 3.54. The molecule has 22 heavy (non-hydrogen) atoms. The van der Waals surface area contributed by atoms with Gasteiger partial charge in [0, 0.05) is 18.3 Å². The molecular formula is C17H23N3O2. The Bertz CT molecular complexity index is 646. The van der Waals surface area contributed by atoms with E-state index in [1.165, 1.54) is 0 Å². The van der Waals surface area contributed by atoms with Gasteiger partial charge in [-0.05, 0) is 44.5 Å². The molecular weight excluding hydrogens is 278 g/mol. The predicted octanol–water partition coefficient (Wildman–Crippen LogP) is 2.00. The predicted molar refractivity (Wildman–Crippen MR) is 85.9 cm³/mol. The molecule has 0 saturated carbocycles. The Hall–Kier alpha value is -2.14. The molecule has 0 aliphatic heterocycles. The van der Waals surface area contributed by atoms with Crippen LogP contribution in [0.4, 0.5) is 0 Å². The molecule has 0 aliphatic carbocycles. The summed E-state index contributed by atoms with van der Waals surface area (Å²) in [5, 5.41) is 13.6. The van der Waals surface area contributed by atoms with Crippen LogP contribution in [0, 0.1) is 13.8 Å². The van der Waals surface area contributed by atoms with E-state index in [9.17, 15) is 4.79 Å². The Morgan fingerprint density at radius 2 is 1.95 bits per heavy atom. The first-order valence-corrected chi connectivity index (χ1v) is 7.40. The van der Waals surface area contributed by atoms with Crippen LogP contribution in [0.15, 0.2) is 30.3 Å². The molecule has 0 bridgehead atoms. The van der Waals surface area contributed by atoms with E-state index in [-0.39, 0.29) is 18.6 Å². The number of aliphatic hydroxyl groups is 1. The third-order valence-corrected chi connectivity index (χ3v) is 3.88. The molecule has 0 spiro atoms. The van der Waals surface area contributed by atoms with Gasteiger partial charge in [0.2, 0.25) is 0 Å². The maximum absolute atomic E-state index is 12.3. The summed E-state index contributed by atoms with van der Waals surface area (Å²) in [6.45, 7) is 6.47. The Labute approximate surface area is 131 Å². The molecule has 118 valence electrons. The Morgan fingerprint density at radius 3 is 2.45 bits per heavy atom. The number of nitrogens with zero attached hydrogens (tertiary/aromatic N) is 3. The number of aromatic nitrogens is 2. The van der Waals surface area contributed by atoms with Gasteiger partial charge in [-0.15, -0.1) is 0 Å². The first kappa shape index (κ1) is 16.2. The van der Waals surface area contributed by atoms with Crippen molar-refractivity contribution in [3.63, 3.8) is 0 Å². The average molecular weight is 301 g/mol. The molecule has 0 radical (unpaired) electrons. The quantitative estimate of drug-likeness (QED) is 0.919. The standard InChI is InChI=1S/C17H23N3O2/c1-12-9-13(2)20(18-12)10-15-5-7-16(8-6-15)17(22)19(4)14(3)11-21/h5-9,14,21H,10-11H2,1-4H3. The molecule has 1 heterocycles. The lowest BCUT2D eigenvalue weighted by Gasteiger charge is -2.23. The lowest BCUT2D eigenvalue weighted by atomic mass is 10.1. The zero-order chi connectivity index (χ0) is 16.3. The Morgan fingerprint density at radius 1 is 1.32 bits per heavy atom. The van der Waals surface area contributed by atoms with Crippen LogP contribution in [-0.4, -0.2) is 45.4 Å². The van der Waals surface area contributed by atoms with Crippen LogP contribution in [-0.2, 0) is 6.54 Å². The fourth-order valence-electron chi connectivity index (χ4n) is 2.29. The average Bonchev–Trinajstić information content (AvgIpc) is 2.83. The number of aliphatic hydroxyl groups excluding tert-OH is 1. The molecule has 1 atom stereocenters. The molecule has 5 heteroatoms. The maximum Gasteiger partial charge on any atom is 0.253 e. The van der Waals surface area contributed by atoms with E-state index in [4.69, 9.17) is 5.11 Å². The highest BCUT2D eigenvalue weighted by Gasteiger charge is 2.16. The summed E-state index contributed by atoms with van der Waals surface area (Å²) in [7, 11) is 1.70. The van der Waals surface area contributed by atoms with E-state index < -0.39 is 0 Å². The number of rotatable bonds is 5. The van der Waals surface area contributed by atoms with Gasteiger partial charge in [0.05, 0.1) is 24.9 Å². The first-order chi connectivity index (χ1) is 10.4. The van der Waals surface area contributed by atoms with E-state index in [2.05, 4.69) is 5.10 Å². The van der Waals surface area contributed by atoms with E-state index in [1.807, 2.05) is 55.8 Å². The summed E-state index contributed by atoms with van der Waals surface area (Å²) >= 11 is 0. The number of benzene rings is 1. The van der Waals surface area contributed by atoms with Crippen LogP contribution in [0.1, 0.15) is 34.2 Å². The largest absolute Gasteiger partial charge is 0.394 e. The Balaban J connectivity index is 2.10. The Kier molecular flexibility index (Phi) is 4.98. The second-order valence-corrected chi connectivity index (χ2v) is 5.73. The number of amides is 1. The molecule has 1 N–H and O–H groups in total. The lowest BCUT2D eigenvalue weighted by molar-refractivity contribution is 0.0682. The van der Waals surface area contributed by atoms with Gasteiger partial charge in [0.1, 0.15) is 0 Å². The van der Waals surface area contributed by atoms with Crippen molar-refractivity contribution >= 4 is 5.91 Å². The van der Waals surface area contributed by atoms with Crippen molar-refractivity contribution in [2.24, 2.45) is 0 Å². The van der Waals surface area contributed by atoms with Crippen molar-refractivity contribution in [3.05, 3.63) is 52.8 Å². The highest BCUT2D eigenvalue weighted by atomic mass is 16.3. The summed E-state index contributed by atoms with van der Waals surface area (Å²) in [5.74, 6) is -0.0841.